The summed E-state index contributed by atoms with van der Waals surface area (Å²) in [4.78, 5) is 0. The molecular formula is C16H7BBr3F5N2. The summed E-state index contributed by atoms with van der Waals surface area (Å²) in [6, 6.07) is 6.45. The molecule has 0 saturated heterocycles. The standard InChI is InChI=1S/C16H7BBr3F5N2/c18-9-3-1-2-8(16(21,22)23)14(9)15-10-4-6-12(19)26(10)17(24,25)27-11(15)5-7-13(27)20/h1-7H. The fourth-order valence-corrected chi connectivity index (χ4v) is 5.11. The molecule has 0 radical (unpaired) electrons. The Bertz CT molecular complexity index is 1080. The zero-order valence-corrected chi connectivity index (χ0v) is 17.8. The highest BCUT2D eigenvalue weighted by Crippen LogP contribution is 2.47. The fraction of sp³-hybridized carbons (Fsp3) is 0.0625. The van der Waals surface area contributed by atoms with E-state index in [4.69, 9.17) is 0 Å². The zero-order valence-electron chi connectivity index (χ0n) is 13.0. The molecule has 0 bridgehead atoms. The average Bonchev–Trinajstić information content (AvgIpc) is 3.13. The quantitative estimate of drug-likeness (QED) is 0.276. The molecule has 1 aromatic heterocycles. The fourth-order valence-electron chi connectivity index (χ4n) is 3.40. The number of hydrogen-bond acceptors (Lipinski definition) is 0. The second-order valence-electron chi connectivity index (χ2n) is 5.95. The van der Waals surface area contributed by atoms with Gasteiger partial charge in [-0.1, -0.05) is 22.0 Å². The molecule has 0 aliphatic carbocycles. The number of benzene rings is 1. The van der Waals surface area contributed by atoms with E-state index in [0.29, 0.717) is 0 Å². The normalized spacial score (nSPS) is 18.2. The lowest BCUT2D eigenvalue weighted by Gasteiger charge is -2.33. The lowest BCUT2D eigenvalue weighted by molar-refractivity contribution is -0.358. The Labute approximate surface area is 175 Å². The van der Waals surface area contributed by atoms with Gasteiger partial charge in [0.25, 0.3) is 0 Å². The van der Waals surface area contributed by atoms with Crippen LogP contribution in [0.25, 0.3) is 5.57 Å². The Morgan fingerprint density at radius 1 is 0.963 bits per heavy atom. The number of halogens is 8. The van der Waals surface area contributed by atoms with Crippen LogP contribution in [-0.2, 0) is 6.18 Å². The Kier molecular flexibility index (Phi) is 4.36. The van der Waals surface area contributed by atoms with E-state index in [0.717, 1.165) is 15.0 Å². The highest BCUT2D eigenvalue weighted by Gasteiger charge is 2.55. The monoisotopic (exact) mass is 570 g/mol. The van der Waals surface area contributed by atoms with Crippen LogP contribution in [0.5, 0.6) is 0 Å². The molecule has 4 rings (SSSR count). The van der Waals surface area contributed by atoms with Gasteiger partial charge in [-0.3, -0.25) is 0 Å². The number of alkyl halides is 3. The van der Waals surface area contributed by atoms with Crippen molar-refractivity contribution in [2.75, 3.05) is 0 Å². The molecule has 0 unspecified atom stereocenters. The topological polar surface area (TPSA) is 7.94 Å². The summed E-state index contributed by atoms with van der Waals surface area (Å²) >= 11 is 9.36. The van der Waals surface area contributed by atoms with Crippen molar-refractivity contribution in [3.05, 3.63) is 74.1 Å². The summed E-state index contributed by atoms with van der Waals surface area (Å²) in [7, 11) is 0. The average molecular weight is 573 g/mol. The minimum absolute atomic E-state index is 0.00220. The van der Waals surface area contributed by atoms with Crippen molar-refractivity contribution in [2.45, 2.75) is 6.18 Å². The maximum atomic E-state index is 15.2. The first-order chi connectivity index (χ1) is 12.5. The third-order valence-electron chi connectivity index (χ3n) is 4.44. The second-order valence-corrected chi connectivity index (χ2v) is 8.43. The molecule has 0 saturated carbocycles. The van der Waals surface area contributed by atoms with Gasteiger partial charge in [0, 0.05) is 43.8 Å². The number of rotatable bonds is 1. The van der Waals surface area contributed by atoms with Crippen molar-refractivity contribution < 1.29 is 26.3 Å². The summed E-state index contributed by atoms with van der Waals surface area (Å²) < 4.78 is 73.2. The molecule has 2 aromatic rings. The van der Waals surface area contributed by atoms with Gasteiger partial charge in [0.2, 0.25) is 4.62 Å². The molecule has 0 N–H and O–H groups in total. The van der Waals surface area contributed by atoms with Crippen LogP contribution < -0.4 is 0 Å². The Balaban J connectivity index is 2.17. The molecule has 27 heavy (non-hydrogen) atoms. The van der Waals surface area contributed by atoms with Crippen molar-refractivity contribution in [3.63, 3.8) is 0 Å². The molecule has 0 spiro atoms. The lowest BCUT2D eigenvalue weighted by Crippen LogP contribution is -2.50. The molecular weight excluding hydrogens is 566 g/mol. The number of hydrogen-bond donors (Lipinski definition) is 0. The third kappa shape index (κ3) is 2.72. The van der Waals surface area contributed by atoms with Crippen LogP contribution in [0.15, 0.2) is 57.3 Å². The largest absolute Gasteiger partial charge is 0.738 e. The van der Waals surface area contributed by atoms with Crippen LogP contribution in [-0.4, -0.2) is 20.6 Å². The smallest absolute Gasteiger partial charge is 0.389 e. The van der Waals surface area contributed by atoms with Gasteiger partial charge < -0.3 is 17.6 Å². The number of allylic oxidation sites excluding steroid dienone is 2. The van der Waals surface area contributed by atoms with Crippen LogP contribution in [0.2, 0.25) is 0 Å². The van der Waals surface area contributed by atoms with Crippen molar-refractivity contribution in [2.24, 2.45) is 0 Å². The van der Waals surface area contributed by atoms with Gasteiger partial charge in [0.15, 0.2) is 5.70 Å². The van der Waals surface area contributed by atoms with Crippen molar-refractivity contribution in [1.29, 1.82) is 0 Å². The Hall–Kier alpha value is -1.20. The first-order valence-electron chi connectivity index (χ1n) is 7.55. The highest BCUT2D eigenvalue weighted by molar-refractivity contribution is 9.18. The minimum atomic E-state index is -4.65. The van der Waals surface area contributed by atoms with Crippen molar-refractivity contribution in [3.8, 4) is 0 Å². The minimum Gasteiger partial charge on any atom is -0.389 e. The first-order valence-corrected chi connectivity index (χ1v) is 9.93. The Morgan fingerprint density at radius 3 is 2.33 bits per heavy atom. The predicted octanol–water partition coefficient (Wildman–Crippen LogP) is 6.40. The SMILES string of the molecule is F[B-]1(F)n2c(Br)ccc2C(c2c(Br)cccc2C(F)(F)F)=C2C=CC(Br)=[N+]21. The van der Waals surface area contributed by atoms with E-state index in [-0.39, 0.29) is 36.2 Å². The van der Waals surface area contributed by atoms with Crippen LogP contribution in [0.1, 0.15) is 16.8 Å². The molecule has 11 heteroatoms. The van der Waals surface area contributed by atoms with Crippen molar-refractivity contribution in [1.82, 2.24) is 4.48 Å². The van der Waals surface area contributed by atoms with Crippen LogP contribution in [0, 0.1) is 0 Å². The predicted molar refractivity (Wildman–Crippen MR) is 104 cm³/mol. The third-order valence-corrected chi connectivity index (χ3v) is 6.39. The summed E-state index contributed by atoms with van der Waals surface area (Å²) in [6.07, 6.45) is -1.87. The van der Waals surface area contributed by atoms with Gasteiger partial charge in [-0.15, -0.1) is 0 Å². The van der Waals surface area contributed by atoms with Gasteiger partial charge >= 0.3 is 13.1 Å². The van der Waals surface area contributed by atoms with Crippen molar-refractivity contribution >= 4 is 65.0 Å². The second kappa shape index (κ2) is 6.15. The van der Waals surface area contributed by atoms with Gasteiger partial charge in [0.1, 0.15) is 0 Å². The number of fused-ring (bicyclic) bond motifs is 2. The molecule has 0 fully saturated rings. The van der Waals surface area contributed by atoms with E-state index >= 15 is 8.63 Å². The summed E-state index contributed by atoms with van der Waals surface area (Å²) in [5.74, 6) is 0. The van der Waals surface area contributed by atoms with E-state index in [9.17, 15) is 13.2 Å². The maximum Gasteiger partial charge on any atom is 0.738 e. The van der Waals surface area contributed by atoms with Gasteiger partial charge in [-0.2, -0.15) is 13.2 Å². The lowest BCUT2D eigenvalue weighted by atomic mass is 9.85. The Morgan fingerprint density at radius 2 is 1.67 bits per heavy atom. The van der Waals surface area contributed by atoms with Crippen LogP contribution >= 0.6 is 47.8 Å². The van der Waals surface area contributed by atoms with E-state index in [2.05, 4.69) is 47.8 Å². The number of aromatic nitrogens is 1. The van der Waals surface area contributed by atoms with E-state index < -0.39 is 18.7 Å². The molecule has 2 nitrogen and oxygen atoms in total. The molecule has 2 aliphatic heterocycles. The summed E-state index contributed by atoms with van der Waals surface area (Å²) in [5.41, 5.74) is -1.02. The van der Waals surface area contributed by atoms with Gasteiger partial charge in [-0.05, 0) is 40.2 Å². The molecule has 3 heterocycles. The van der Waals surface area contributed by atoms with E-state index in [1.165, 1.54) is 36.4 Å². The molecule has 1 aromatic carbocycles. The van der Waals surface area contributed by atoms with Gasteiger partial charge in [0.05, 0.1) is 15.7 Å². The summed E-state index contributed by atoms with van der Waals surface area (Å²) in [6.45, 7) is -4.30. The zero-order chi connectivity index (χ0) is 19.7. The van der Waals surface area contributed by atoms with Gasteiger partial charge in [-0.25, -0.2) is 0 Å². The summed E-state index contributed by atoms with van der Waals surface area (Å²) in [5, 5.41) is 0. The van der Waals surface area contributed by atoms with E-state index in [1.54, 1.807) is 0 Å². The number of nitrogens with zero attached hydrogens (tertiary/aromatic N) is 2. The van der Waals surface area contributed by atoms with Crippen LogP contribution in [0.4, 0.5) is 21.8 Å². The molecule has 140 valence electrons. The van der Waals surface area contributed by atoms with Crippen LogP contribution in [0.3, 0.4) is 0 Å². The highest BCUT2D eigenvalue weighted by atomic mass is 79.9. The maximum absolute atomic E-state index is 15.2. The molecule has 0 atom stereocenters. The first kappa shape index (κ1) is 19.1. The molecule has 2 aliphatic rings. The molecule has 0 amide bonds. The van der Waals surface area contributed by atoms with E-state index in [1.807, 2.05) is 0 Å².